The Hall–Kier alpha value is -1.68. The molecule has 1 aromatic carbocycles. The maximum atomic E-state index is 12.9. The van der Waals surface area contributed by atoms with Gasteiger partial charge in [-0.05, 0) is 43.4 Å². The molecule has 0 amide bonds. The van der Waals surface area contributed by atoms with Crippen molar-refractivity contribution in [1.82, 2.24) is 15.1 Å². The summed E-state index contributed by atoms with van der Waals surface area (Å²) in [4.78, 5) is 0. The van der Waals surface area contributed by atoms with Gasteiger partial charge in [-0.25, -0.2) is 4.39 Å². The Bertz CT molecular complexity index is 570. The van der Waals surface area contributed by atoms with E-state index in [0.717, 1.165) is 12.8 Å². The fraction of sp³-hybridized carbons (Fsp3) is 0.438. The third kappa shape index (κ3) is 2.75. The van der Waals surface area contributed by atoms with Crippen molar-refractivity contribution in [3.05, 3.63) is 53.6 Å². The number of aromatic nitrogens is 2. The van der Waals surface area contributed by atoms with Crippen LogP contribution in [0.2, 0.25) is 0 Å². The minimum atomic E-state index is -0.159. The summed E-state index contributed by atoms with van der Waals surface area (Å²) in [5.74, 6) is 0.405. The van der Waals surface area contributed by atoms with Crippen molar-refractivity contribution in [3.63, 3.8) is 0 Å². The first kappa shape index (κ1) is 13.3. The van der Waals surface area contributed by atoms with Crippen LogP contribution in [0, 0.1) is 5.82 Å². The lowest BCUT2D eigenvalue weighted by Gasteiger charge is -2.38. The molecule has 1 atom stereocenters. The van der Waals surface area contributed by atoms with Crippen molar-refractivity contribution in [2.45, 2.75) is 37.8 Å². The van der Waals surface area contributed by atoms with E-state index in [4.69, 9.17) is 0 Å². The van der Waals surface area contributed by atoms with Crippen molar-refractivity contribution in [2.24, 2.45) is 7.05 Å². The summed E-state index contributed by atoms with van der Waals surface area (Å²) < 4.78 is 14.7. The van der Waals surface area contributed by atoms with Gasteiger partial charge in [0.2, 0.25) is 0 Å². The van der Waals surface area contributed by atoms with E-state index < -0.39 is 0 Å². The molecule has 3 rings (SSSR count). The van der Waals surface area contributed by atoms with Gasteiger partial charge < -0.3 is 5.32 Å². The van der Waals surface area contributed by atoms with E-state index in [1.165, 1.54) is 11.1 Å². The summed E-state index contributed by atoms with van der Waals surface area (Å²) in [5.41, 5.74) is 2.47. The molecule has 1 aliphatic rings. The Labute approximate surface area is 118 Å². The minimum absolute atomic E-state index is 0.159. The van der Waals surface area contributed by atoms with Gasteiger partial charge in [-0.15, -0.1) is 0 Å². The van der Waals surface area contributed by atoms with Crippen LogP contribution in [-0.4, -0.2) is 15.8 Å². The van der Waals surface area contributed by atoms with Crippen molar-refractivity contribution >= 4 is 0 Å². The molecule has 1 aromatic heterocycles. The predicted molar refractivity (Wildman–Crippen MR) is 76.9 cm³/mol. The zero-order chi connectivity index (χ0) is 14.1. The molecule has 0 radical (unpaired) electrons. The Kier molecular flexibility index (Phi) is 3.57. The summed E-state index contributed by atoms with van der Waals surface area (Å²) >= 11 is 0. The lowest BCUT2D eigenvalue weighted by Crippen LogP contribution is -2.41. The van der Waals surface area contributed by atoms with Gasteiger partial charge in [0.05, 0.1) is 6.20 Å². The van der Waals surface area contributed by atoms with Gasteiger partial charge in [-0.1, -0.05) is 12.1 Å². The van der Waals surface area contributed by atoms with E-state index >= 15 is 0 Å². The molecule has 1 fully saturated rings. The highest BCUT2D eigenvalue weighted by Crippen LogP contribution is 2.37. The van der Waals surface area contributed by atoms with Crippen LogP contribution in [0.1, 0.15) is 42.9 Å². The highest BCUT2D eigenvalue weighted by atomic mass is 19.1. The number of rotatable bonds is 4. The van der Waals surface area contributed by atoms with E-state index in [9.17, 15) is 4.39 Å². The molecule has 106 valence electrons. The first-order chi connectivity index (χ1) is 9.61. The van der Waals surface area contributed by atoms with E-state index in [1.54, 1.807) is 12.1 Å². The number of hydrogen-bond donors (Lipinski definition) is 1. The summed E-state index contributed by atoms with van der Waals surface area (Å²) in [6.07, 6.45) is 6.20. The summed E-state index contributed by atoms with van der Waals surface area (Å²) in [6, 6.07) is 7.77. The van der Waals surface area contributed by atoms with E-state index in [2.05, 4.69) is 17.3 Å². The molecule has 4 heteroatoms. The van der Waals surface area contributed by atoms with Crippen molar-refractivity contribution in [2.75, 3.05) is 0 Å². The standard InChI is InChI=1S/C16H20FN3/c1-11(14-9-18-20(2)10-14)19-16-7-13(8-16)12-3-5-15(17)6-4-12/h3-6,9-11,13,16,19H,7-8H2,1-2H3/t11-,13?,16?/m0/s1. The Morgan fingerprint density at radius 3 is 2.60 bits per heavy atom. The van der Waals surface area contributed by atoms with Gasteiger partial charge in [-0.3, -0.25) is 4.68 Å². The van der Waals surface area contributed by atoms with Gasteiger partial charge in [0.1, 0.15) is 5.82 Å². The molecular formula is C16H20FN3. The summed E-state index contributed by atoms with van der Waals surface area (Å²) in [5, 5.41) is 7.83. The molecule has 1 heterocycles. The number of halogens is 1. The van der Waals surface area contributed by atoms with Crippen LogP contribution < -0.4 is 5.32 Å². The van der Waals surface area contributed by atoms with Crippen molar-refractivity contribution in [1.29, 1.82) is 0 Å². The second kappa shape index (κ2) is 5.37. The molecule has 2 aromatic rings. The van der Waals surface area contributed by atoms with E-state index in [0.29, 0.717) is 18.0 Å². The Morgan fingerprint density at radius 1 is 1.30 bits per heavy atom. The third-order valence-corrected chi connectivity index (χ3v) is 4.19. The summed E-state index contributed by atoms with van der Waals surface area (Å²) in [7, 11) is 1.93. The van der Waals surface area contributed by atoms with Crippen molar-refractivity contribution < 1.29 is 4.39 Å². The minimum Gasteiger partial charge on any atom is -0.307 e. The lowest BCUT2D eigenvalue weighted by molar-refractivity contribution is 0.271. The van der Waals surface area contributed by atoms with Crippen LogP contribution >= 0.6 is 0 Å². The van der Waals surface area contributed by atoms with Gasteiger partial charge in [0.15, 0.2) is 0 Å². The molecule has 0 aliphatic heterocycles. The van der Waals surface area contributed by atoms with Crippen LogP contribution in [-0.2, 0) is 7.05 Å². The number of nitrogens with zero attached hydrogens (tertiary/aromatic N) is 2. The van der Waals surface area contributed by atoms with Crippen LogP contribution in [0.4, 0.5) is 4.39 Å². The molecule has 0 unspecified atom stereocenters. The molecule has 0 spiro atoms. The molecule has 1 aliphatic carbocycles. The average molecular weight is 273 g/mol. The van der Waals surface area contributed by atoms with Crippen LogP contribution in [0.15, 0.2) is 36.7 Å². The zero-order valence-corrected chi connectivity index (χ0v) is 11.9. The molecule has 20 heavy (non-hydrogen) atoms. The zero-order valence-electron chi connectivity index (χ0n) is 11.9. The SMILES string of the molecule is C[C@H](NC1CC(c2ccc(F)cc2)C1)c1cnn(C)c1. The van der Waals surface area contributed by atoms with Crippen LogP contribution in [0.5, 0.6) is 0 Å². The number of aryl methyl sites for hydroxylation is 1. The smallest absolute Gasteiger partial charge is 0.123 e. The quantitative estimate of drug-likeness (QED) is 0.927. The molecule has 3 nitrogen and oxygen atoms in total. The summed E-state index contributed by atoms with van der Waals surface area (Å²) in [6.45, 7) is 2.17. The van der Waals surface area contributed by atoms with Crippen molar-refractivity contribution in [3.8, 4) is 0 Å². The topological polar surface area (TPSA) is 29.9 Å². The largest absolute Gasteiger partial charge is 0.307 e. The lowest BCUT2D eigenvalue weighted by atomic mass is 9.75. The van der Waals surface area contributed by atoms with Gasteiger partial charge in [-0.2, -0.15) is 5.10 Å². The third-order valence-electron chi connectivity index (χ3n) is 4.19. The molecule has 0 bridgehead atoms. The monoisotopic (exact) mass is 273 g/mol. The highest BCUT2D eigenvalue weighted by molar-refractivity contribution is 5.24. The molecule has 1 saturated carbocycles. The Balaban J connectivity index is 1.52. The maximum Gasteiger partial charge on any atom is 0.123 e. The first-order valence-corrected chi connectivity index (χ1v) is 7.12. The molecule has 1 N–H and O–H groups in total. The number of benzene rings is 1. The number of nitrogens with one attached hydrogen (secondary N) is 1. The normalized spacial score (nSPS) is 23.4. The fourth-order valence-electron chi connectivity index (χ4n) is 2.87. The highest BCUT2D eigenvalue weighted by Gasteiger charge is 2.31. The van der Waals surface area contributed by atoms with E-state index in [-0.39, 0.29) is 5.82 Å². The second-order valence-electron chi connectivity index (χ2n) is 5.75. The van der Waals surface area contributed by atoms with E-state index in [1.807, 2.05) is 36.3 Å². The van der Waals surface area contributed by atoms with Gasteiger partial charge in [0.25, 0.3) is 0 Å². The Morgan fingerprint density at radius 2 is 2.00 bits per heavy atom. The maximum absolute atomic E-state index is 12.9. The van der Waals surface area contributed by atoms with Crippen LogP contribution in [0.3, 0.4) is 0 Å². The predicted octanol–water partition coefficient (Wildman–Crippen LogP) is 3.16. The van der Waals surface area contributed by atoms with Gasteiger partial charge in [0, 0.05) is 30.9 Å². The average Bonchev–Trinajstić information content (AvgIpc) is 2.81. The first-order valence-electron chi connectivity index (χ1n) is 7.12. The molecular weight excluding hydrogens is 253 g/mol. The number of hydrogen-bond acceptors (Lipinski definition) is 2. The van der Waals surface area contributed by atoms with Gasteiger partial charge >= 0.3 is 0 Å². The second-order valence-corrected chi connectivity index (χ2v) is 5.75. The molecule has 0 saturated heterocycles. The fourth-order valence-corrected chi connectivity index (χ4v) is 2.87. The van der Waals surface area contributed by atoms with Crippen LogP contribution in [0.25, 0.3) is 0 Å².